The van der Waals surface area contributed by atoms with Crippen LogP contribution in [0.1, 0.15) is 9.67 Å². The fraction of sp³-hybridized carbons (Fsp3) is 0.0833. The fourth-order valence-electron chi connectivity index (χ4n) is 1.53. The van der Waals surface area contributed by atoms with Gasteiger partial charge in [-0.05, 0) is 23.1 Å². The number of thiophene rings is 1. The lowest BCUT2D eigenvalue weighted by atomic mass is 10.1. The molecule has 0 amide bonds. The Balaban J connectivity index is 2.58. The first-order chi connectivity index (χ1) is 8.15. The molecule has 88 valence electrons. The van der Waals surface area contributed by atoms with Gasteiger partial charge in [-0.3, -0.25) is 4.79 Å². The molecule has 1 aromatic heterocycles. The van der Waals surface area contributed by atoms with Crippen LogP contribution < -0.4 is 10.5 Å². The van der Waals surface area contributed by atoms with Gasteiger partial charge in [0.2, 0.25) is 0 Å². The predicted molar refractivity (Wildman–Crippen MR) is 66.1 cm³/mol. The SMILES string of the molecule is COc1cc(N)cc(-c2csc(C=O)c2)c1F. The Morgan fingerprint density at radius 1 is 1.41 bits per heavy atom. The lowest BCUT2D eigenvalue weighted by Gasteiger charge is -2.07. The standard InChI is InChI=1S/C12H10FNO2S/c1-16-11-4-8(14)3-10(12(11)13)7-2-9(5-15)17-6-7/h2-6H,14H2,1H3. The van der Waals surface area contributed by atoms with Crippen LogP contribution in [0.5, 0.6) is 5.75 Å². The normalized spacial score (nSPS) is 10.2. The smallest absolute Gasteiger partial charge is 0.173 e. The molecule has 0 spiro atoms. The first-order valence-corrected chi connectivity index (χ1v) is 5.70. The number of methoxy groups -OCH3 is 1. The number of anilines is 1. The fourth-order valence-corrected chi connectivity index (χ4v) is 2.24. The van der Waals surface area contributed by atoms with Crippen LogP contribution in [0.4, 0.5) is 10.1 Å². The number of halogens is 1. The minimum atomic E-state index is -0.475. The van der Waals surface area contributed by atoms with Crippen LogP contribution >= 0.6 is 11.3 Å². The molecule has 0 atom stereocenters. The Bertz CT molecular complexity index is 566. The van der Waals surface area contributed by atoms with Crippen molar-refractivity contribution in [3.63, 3.8) is 0 Å². The summed E-state index contributed by atoms with van der Waals surface area (Å²) < 4.78 is 18.9. The van der Waals surface area contributed by atoms with Crippen molar-refractivity contribution >= 4 is 23.3 Å². The van der Waals surface area contributed by atoms with E-state index in [1.54, 1.807) is 11.4 Å². The maximum Gasteiger partial charge on any atom is 0.173 e. The Morgan fingerprint density at radius 3 is 2.76 bits per heavy atom. The van der Waals surface area contributed by atoms with Gasteiger partial charge in [0.15, 0.2) is 17.9 Å². The molecule has 0 unspecified atom stereocenters. The van der Waals surface area contributed by atoms with E-state index in [4.69, 9.17) is 10.5 Å². The predicted octanol–water partition coefficient (Wildman–Crippen LogP) is 2.96. The van der Waals surface area contributed by atoms with Crippen molar-refractivity contribution in [1.29, 1.82) is 0 Å². The maximum absolute atomic E-state index is 14.0. The third kappa shape index (κ3) is 2.14. The van der Waals surface area contributed by atoms with E-state index in [9.17, 15) is 9.18 Å². The summed E-state index contributed by atoms with van der Waals surface area (Å²) in [4.78, 5) is 11.1. The molecule has 0 saturated heterocycles. The molecule has 0 aliphatic carbocycles. The molecule has 0 bridgehead atoms. The second-order valence-electron chi connectivity index (χ2n) is 3.44. The zero-order valence-corrected chi connectivity index (χ0v) is 9.88. The molecular formula is C12H10FNO2S. The molecule has 17 heavy (non-hydrogen) atoms. The van der Waals surface area contributed by atoms with Gasteiger partial charge in [-0.1, -0.05) is 0 Å². The van der Waals surface area contributed by atoms with Crippen LogP contribution in [0.25, 0.3) is 11.1 Å². The molecule has 2 rings (SSSR count). The first-order valence-electron chi connectivity index (χ1n) is 4.82. The summed E-state index contributed by atoms with van der Waals surface area (Å²) in [6.07, 6.45) is 0.732. The van der Waals surface area contributed by atoms with E-state index < -0.39 is 5.82 Å². The number of nitrogens with two attached hydrogens (primary N) is 1. The summed E-state index contributed by atoms with van der Waals surface area (Å²) in [5.41, 5.74) is 7.05. The third-order valence-electron chi connectivity index (χ3n) is 2.33. The summed E-state index contributed by atoms with van der Waals surface area (Å²) in [6.45, 7) is 0. The van der Waals surface area contributed by atoms with Crippen LogP contribution in [-0.2, 0) is 0 Å². The summed E-state index contributed by atoms with van der Waals surface area (Å²) in [5, 5.41) is 1.71. The van der Waals surface area contributed by atoms with Crippen LogP contribution in [-0.4, -0.2) is 13.4 Å². The molecule has 1 heterocycles. The van der Waals surface area contributed by atoms with Crippen LogP contribution in [0.15, 0.2) is 23.6 Å². The van der Waals surface area contributed by atoms with E-state index in [1.165, 1.54) is 30.6 Å². The van der Waals surface area contributed by atoms with Crippen molar-refractivity contribution < 1.29 is 13.9 Å². The highest BCUT2D eigenvalue weighted by Crippen LogP contribution is 2.33. The van der Waals surface area contributed by atoms with Gasteiger partial charge in [0.1, 0.15) is 0 Å². The number of carbonyl (C=O) groups excluding carboxylic acids is 1. The van der Waals surface area contributed by atoms with Crippen LogP contribution in [0.2, 0.25) is 0 Å². The number of rotatable bonds is 3. The Hall–Kier alpha value is -1.88. The molecule has 5 heteroatoms. The highest BCUT2D eigenvalue weighted by Gasteiger charge is 2.13. The minimum Gasteiger partial charge on any atom is -0.494 e. The summed E-state index contributed by atoms with van der Waals surface area (Å²) in [7, 11) is 1.38. The highest BCUT2D eigenvalue weighted by molar-refractivity contribution is 7.12. The molecule has 0 fully saturated rings. The van der Waals surface area contributed by atoms with Crippen molar-refractivity contribution in [3.8, 4) is 16.9 Å². The molecule has 1 aromatic carbocycles. The zero-order valence-electron chi connectivity index (χ0n) is 9.07. The number of carbonyl (C=O) groups is 1. The lowest BCUT2D eigenvalue weighted by Crippen LogP contribution is -1.94. The van der Waals surface area contributed by atoms with Crippen molar-refractivity contribution in [1.82, 2.24) is 0 Å². The Morgan fingerprint density at radius 2 is 2.18 bits per heavy atom. The van der Waals surface area contributed by atoms with Crippen molar-refractivity contribution in [3.05, 3.63) is 34.3 Å². The van der Waals surface area contributed by atoms with Crippen LogP contribution in [0, 0.1) is 5.82 Å². The van der Waals surface area contributed by atoms with Gasteiger partial charge in [-0.25, -0.2) is 4.39 Å². The van der Waals surface area contributed by atoms with Gasteiger partial charge in [0.25, 0.3) is 0 Å². The number of aldehydes is 1. The van der Waals surface area contributed by atoms with E-state index in [-0.39, 0.29) is 5.75 Å². The van der Waals surface area contributed by atoms with Gasteiger partial charge < -0.3 is 10.5 Å². The minimum absolute atomic E-state index is 0.0962. The molecule has 0 aliphatic heterocycles. The highest BCUT2D eigenvalue weighted by atomic mass is 32.1. The Labute approximate surface area is 102 Å². The monoisotopic (exact) mass is 251 g/mol. The topological polar surface area (TPSA) is 52.3 Å². The second kappa shape index (κ2) is 4.55. The summed E-state index contributed by atoms with van der Waals surface area (Å²) >= 11 is 1.26. The summed E-state index contributed by atoms with van der Waals surface area (Å²) in [5.74, 6) is -0.379. The van der Waals surface area contributed by atoms with Gasteiger partial charge in [0, 0.05) is 17.3 Å². The molecule has 0 aliphatic rings. The third-order valence-corrected chi connectivity index (χ3v) is 3.19. The van der Waals surface area contributed by atoms with Crippen LogP contribution in [0.3, 0.4) is 0 Å². The molecule has 2 aromatic rings. The lowest BCUT2D eigenvalue weighted by molar-refractivity contribution is 0.112. The average molecular weight is 251 g/mol. The van der Waals surface area contributed by atoms with E-state index in [0.717, 1.165) is 6.29 Å². The molecule has 3 nitrogen and oxygen atoms in total. The number of hydrogen-bond donors (Lipinski definition) is 1. The molecular weight excluding hydrogens is 241 g/mol. The molecule has 2 N–H and O–H groups in total. The van der Waals surface area contributed by atoms with E-state index >= 15 is 0 Å². The van der Waals surface area contributed by atoms with Gasteiger partial charge in [0.05, 0.1) is 12.0 Å². The van der Waals surface area contributed by atoms with E-state index in [2.05, 4.69) is 0 Å². The molecule has 0 radical (unpaired) electrons. The summed E-state index contributed by atoms with van der Waals surface area (Å²) in [6, 6.07) is 4.56. The average Bonchev–Trinajstić information content (AvgIpc) is 2.80. The Kier molecular flexibility index (Phi) is 3.10. The number of benzene rings is 1. The van der Waals surface area contributed by atoms with Gasteiger partial charge in [-0.15, -0.1) is 11.3 Å². The quantitative estimate of drug-likeness (QED) is 0.674. The maximum atomic E-state index is 14.0. The van der Waals surface area contributed by atoms with E-state index in [0.29, 0.717) is 21.7 Å². The van der Waals surface area contributed by atoms with E-state index in [1.807, 2.05) is 0 Å². The van der Waals surface area contributed by atoms with Crippen molar-refractivity contribution in [2.24, 2.45) is 0 Å². The number of hydrogen-bond acceptors (Lipinski definition) is 4. The van der Waals surface area contributed by atoms with Gasteiger partial charge >= 0.3 is 0 Å². The number of nitrogen functional groups attached to an aromatic ring is 1. The molecule has 0 saturated carbocycles. The largest absolute Gasteiger partial charge is 0.494 e. The zero-order chi connectivity index (χ0) is 12.4. The number of ether oxygens (including phenoxy) is 1. The van der Waals surface area contributed by atoms with Crippen molar-refractivity contribution in [2.45, 2.75) is 0 Å². The van der Waals surface area contributed by atoms with Crippen molar-refractivity contribution in [2.75, 3.05) is 12.8 Å². The van der Waals surface area contributed by atoms with Gasteiger partial charge in [-0.2, -0.15) is 0 Å². The second-order valence-corrected chi connectivity index (χ2v) is 4.38. The first kappa shape index (κ1) is 11.6.